The van der Waals surface area contributed by atoms with Gasteiger partial charge in [-0.1, -0.05) is 35.9 Å². The molecule has 1 aromatic carbocycles. The second kappa shape index (κ2) is 6.93. The van der Waals surface area contributed by atoms with Crippen molar-refractivity contribution in [3.05, 3.63) is 56.2 Å². The summed E-state index contributed by atoms with van der Waals surface area (Å²) in [6, 6.07) is 11.1. The van der Waals surface area contributed by atoms with Crippen molar-refractivity contribution in [2.24, 2.45) is 0 Å². The van der Waals surface area contributed by atoms with Crippen molar-refractivity contribution in [1.82, 2.24) is 5.32 Å². The van der Waals surface area contributed by atoms with Crippen LogP contribution in [0.5, 0.6) is 0 Å². The molecule has 0 amide bonds. The second-order valence-electron chi connectivity index (χ2n) is 5.51. The van der Waals surface area contributed by atoms with E-state index in [-0.39, 0.29) is 0 Å². The number of hydrogen-bond acceptors (Lipinski definition) is 3. The summed E-state index contributed by atoms with van der Waals surface area (Å²) in [7, 11) is 1.73. The lowest BCUT2D eigenvalue weighted by Crippen LogP contribution is -2.23. The fourth-order valence-electron chi connectivity index (χ4n) is 2.97. The highest BCUT2D eigenvalue weighted by Gasteiger charge is 2.22. The minimum atomic E-state index is 0.434. The Hall–Kier alpha value is -0.870. The summed E-state index contributed by atoms with van der Waals surface area (Å²) >= 11 is 7.90. The van der Waals surface area contributed by atoms with Gasteiger partial charge < -0.3 is 10.1 Å². The molecule has 3 rings (SSSR count). The summed E-state index contributed by atoms with van der Waals surface area (Å²) < 4.78 is 6.11. The highest BCUT2D eigenvalue weighted by Crippen LogP contribution is 2.37. The van der Waals surface area contributed by atoms with Crippen molar-refractivity contribution in [2.45, 2.75) is 38.5 Å². The number of halogens is 1. The molecule has 0 bridgehead atoms. The average Bonchev–Trinajstić information content (AvgIpc) is 2.86. The standard InChI is InChI=1S/C17H20ClNOS/c1-20-11-13-5-2-4-12(8-13)10-19-15-6-3-7-16-14(15)9-17(18)21-16/h2,4-5,8-9,15,19H,3,6-7,10-11H2,1H3. The van der Waals surface area contributed by atoms with E-state index >= 15 is 0 Å². The lowest BCUT2D eigenvalue weighted by atomic mass is 9.94. The number of hydrogen-bond donors (Lipinski definition) is 1. The van der Waals surface area contributed by atoms with Crippen LogP contribution in [-0.2, 0) is 24.3 Å². The Morgan fingerprint density at radius 3 is 3.05 bits per heavy atom. The number of fused-ring (bicyclic) bond motifs is 1. The van der Waals surface area contributed by atoms with Crippen LogP contribution in [0.1, 0.15) is 40.5 Å². The monoisotopic (exact) mass is 321 g/mol. The van der Waals surface area contributed by atoms with Gasteiger partial charge in [0.05, 0.1) is 10.9 Å². The fraction of sp³-hybridized carbons (Fsp3) is 0.412. The molecule has 112 valence electrons. The van der Waals surface area contributed by atoms with Gasteiger partial charge in [0.25, 0.3) is 0 Å². The van der Waals surface area contributed by atoms with Crippen LogP contribution in [0.3, 0.4) is 0 Å². The van der Waals surface area contributed by atoms with Gasteiger partial charge in [-0.2, -0.15) is 0 Å². The highest BCUT2D eigenvalue weighted by atomic mass is 35.5. The van der Waals surface area contributed by atoms with Crippen LogP contribution >= 0.6 is 22.9 Å². The summed E-state index contributed by atoms with van der Waals surface area (Å²) in [5.41, 5.74) is 3.93. The molecule has 1 unspecified atom stereocenters. The quantitative estimate of drug-likeness (QED) is 0.860. The van der Waals surface area contributed by atoms with Gasteiger partial charge in [0.15, 0.2) is 0 Å². The maximum Gasteiger partial charge on any atom is 0.0934 e. The van der Waals surface area contributed by atoms with Crippen LogP contribution in [-0.4, -0.2) is 7.11 Å². The summed E-state index contributed by atoms with van der Waals surface area (Å²) in [6.45, 7) is 1.55. The summed E-state index contributed by atoms with van der Waals surface area (Å²) in [5, 5.41) is 3.68. The minimum absolute atomic E-state index is 0.434. The Morgan fingerprint density at radius 2 is 2.19 bits per heavy atom. The van der Waals surface area contributed by atoms with Gasteiger partial charge in [0.2, 0.25) is 0 Å². The smallest absolute Gasteiger partial charge is 0.0934 e. The van der Waals surface area contributed by atoms with Crippen LogP contribution in [0.2, 0.25) is 4.34 Å². The van der Waals surface area contributed by atoms with E-state index in [1.54, 1.807) is 18.4 Å². The minimum Gasteiger partial charge on any atom is -0.380 e. The molecule has 1 N–H and O–H groups in total. The SMILES string of the molecule is COCc1cccc(CNC2CCCc3sc(Cl)cc32)c1. The van der Waals surface area contributed by atoms with E-state index in [0.29, 0.717) is 12.6 Å². The molecule has 0 saturated carbocycles. The molecule has 2 nitrogen and oxygen atoms in total. The molecule has 4 heteroatoms. The van der Waals surface area contributed by atoms with Crippen molar-refractivity contribution in [3.63, 3.8) is 0 Å². The number of nitrogens with one attached hydrogen (secondary N) is 1. The highest BCUT2D eigenvalue weighted by molar-refractivity contribution is 7.16. The van der Waals surface area contributed by atoms with Crippen molar-refractivity contribution in [1.29, 1.82) is 0 Å². The number of aryl methyl sites for hydroxylation is 1. The number of rotatable bonds is 5. The van der Waals surface area contributed by atoms with Crippen LogP contribution in [0.4, 0.5) is 0 Å². The maximum absolute atomic E-state index is 6.17. The molecule has 0 radical (unpaired) electrons. The number of thiophene rings is 1. The third-order valence-corrected chi connectivity index (χ3v) is 5.28. The lowest BCUT2D eigenvalue weighted by molar-refractivity contribution is 0.185. The molecule has 1 aromatic heterocycles. The Labute approximate surface area is 135 Å². The first kappa shape index (κ1) is 15.0. The number of benzene rings is 1. The topological polar surface area (TPSA) is 21.3 Å². The molecule has 21 heavy (non-hydrogen) atoms. The second-order valence-corrected chi connectivity index (χ2v) is 7.28. The molecule has 1 heterocycles. The third kappa shape index (κ3) is 3.67. The first-order chi connectivity index (χ1) is 10.3. The number of methoxy groups -OCH3 is 1. The van der Waals surface area contributed by atoms with Crippen molar-refractivity contribution in [2.75, 3.05) is 7.11 Å². The van der Waals surface area contributed by atoms with Gasteiger partial charge in [-0.15, -0.1) is 11.3 Å². The largest absolute Gasteiger partial charge is 0.380 e. The van der Waals surface area contributed by atoms with Crippen molar-refractivity contribution < 1.29 is 4.74 Å². The van der Waals surface area contributed by atoms with Gasteiger partial charge >= 0.3 is 0 Å². The van der Waals surface area contributed by atoms with Gasteiger partial charge in [-0.25, -0.2) is 0 Å². The van der Waals surface area contributed by atoms with Crippen LogP contribution in [0.25, 0.3) is 0 Å². The van der Waals surface area contributed by atoms with Gasteiger partial charge in [-0.3, -0.25) is 0 Å². The molecule has 0 spiro atoms. The molecular weight excluding hydrogens is 302 g/mol. The summed E-state index contributed by atoms with van der Waals surface area (Å²) in [4.78, 5) is 1.46. The van der Waals surface area contributed by atoms with Crippen LogP contribution in [0, 0.1) is 0 Å². The lowest BCUT2D eigenvalue weighted by Gasteiger charge is -2.23. The zero-order valence-electron chi connectivity index (χ0n) is 12.2. The molecule has 0 aliphatic heterocycles. The van der Waals surface area contributed by atoms with E-state index in [9.17, 15) is 0 Å². The maximum atomic E-state index is 6.17. The molecule has 1 atom stereocenters. The van der Waals surface area contributed by atoms with E-state index < -0.39 is 0 Å². The zero-order valence-corrected chi connectivity index (χ0v) is 13.8. The van der Waals surface area contributed by atoms with E-state index in [4.69, 9.17) is 16.3 Å². The summed E-state index contributed by atoms with van der Waals surface area (Å²) in [5.74, 6) is 0. The number of ether oxygens (including phenoxy) is 1. The third-order valence-electron chi connectivity index (χ3n) is 3.94. The predicted octanol–water partition coefficient (Wildman–Crippen LogP) is 4.72. The van der Waals surface area contributed by atoms with Gasteiger partial charge in [-0.05, 0) is 42.0 Å². The molecule has 0 fully saturated rings. The Kier molecular flexibility index (Phi) is 4.96. The molecule has 1 aliphatic rings. The molecule has 0 saturated heterocycles. The first-order valence-electron chi connectivity index (χ1n) is 7.34. The fourth-order valence-corrected chi connectivity index (χ4v) is 4.35. The van der Waals surface area contributed by atoms with Crippen LogP contribution in [0.15, 0.2) is 30.3 Å². The zero-order chi connectivity index (χ0) is 14.7. The first-order valence-corrected chi connectivity index (χ1v) is 8.54. The van der Waals surface area contributed by atoms with Crippen molar-refractivity contribution >= 4 is 22.9 Å². The summed E-state index contributed by atoms with van der Waals surface area (Å²) in [6.07, 6.45) is 3.61. The Bertz CT molecular complexity index is 611. The Morgan fingerprint density at radius 1 is 1.33 bits per heavy atom. The Balaban J connectivity index is 1.67. The van der Waals surface area contributed by atoms with E-state index in [2.05, 4.69) is 35.6 Å². The van der Waals surface area contributed by atoms with Gasteiger partial charge in [0.1, 0.15) is 0 Å². The van der Waals surface area contributed by atoms with Gasteiger partial charge in [0, 0.05) is 24.6 Å². The molecule has 1 aliphatic carbocycles. The average molecular weight is 322 g/mol. The predicted molar refractivity (Wildman–Crippen MR) is 89.0 cm³/mol. The molecular formula is C17H20ClNOS. The van der Waals surface area contributed by atoms with E-state index in [1.165, 1.54) is 40.8 Å². The van der Waals surface area contributed by atoms with E-state index in [1.807, 2.05) is 0 Å². The van der Waals surface area contributed by atoms with Crippen molar-refractivity contribution in [3.8, 4) is 0 Å². The molecule has 2 aromatic rings. The normalized spacial score (nSPS) is 17.7. The van der Waals surface area contributed by atoms with Crippen LogP contribution < -0.4 is 5.32 Å². The van der Waals surface area contributed by atoms with E-state index in [0.717, 1.165) is 10.9 Å².